The Kier molecular flexibility index (Phi) is 7.48. The van der Waals surface area contributed by atoms with Crippen LogP contribution in [0.1, 0.15) is 18.2 Å². The van der Waals surface area contributed by atoms with Gasteiger partial charge < -0.3 is 9.13 Å². The first-order chi connectivity index (χ1) is 25.2. The molecule has 0 aliphatic heterocycles. The Labute approximate surface area is 296 Å². The van der Waals surface area contributed by atoms with Crippen LogP contribution >= 0.6 is 0 Å². The number of benzene rings is 6. The Hall–Kier alpha value is -6.78. The van der Waals surface area contributed by atoms with Gasteiger partial charge in [-0.3, -0.25) is 0 Å². The third kappa shape index (κ3) is 5.17. The maximum atomic E-state index is 5.26. The fourth-order valence-corrected chi connectivity index (χ4v) is 7.38. The molecule has 0 fully saturated rings. The number of para-hydroxylation sites is 3. The average molecular weight is 655 g/mol. The molecule has 242 valence electrons. The molecule has 4 nitrogen and oxygen atoms in total. The van der Waals surface area contributed by atoms with Crippen LogP contribution in [0.25, 0.3) is 90.1 Å². The van der Waals surface area contributed by atoms with Crippen molar-refractivity contribution in [2.75, 3.05) is 0 Å². The fourth-order valence-electron chi connectivity index (χ4n) is 7.38. The summed E-state index contributed by atoms with van der Waals surface area (Å²) in [4.78, 5) is 10.5. The zero-order valence-corrected chi connectivity index (χ0v) is 28.2. The van der Waals surface area contributed by atoms with E-state index in [1.54, 1.807) is 0 Å². The molecule has 9 rings (SSSR count). The normalized spacial score (nSPS) is 11.6. The van der Waals surface area contributed by atoms with E-state index in [0.717, 1.165) is 67.3 Å². The van der Waals surface area contributed by atoms with Gasteiger partial charge in [-0.05, 0) is 55.5 Å². The lowest BCUT2D eigenvalue weighted by Gasteiger charge is -2.16. The Morgan fingerprint density at radius 3 is 1.49 bits per heavy atom. The van der Waals surface area contributed by atoms with Gasteiger partial charge >= 0.3 is 0 Å². The van der Waals surface area contributed by atoms with E-state index in [1.807, 2.05) is 18.2 Å². The molecule has 0 atom stereocenters. The van der Waals surface area contributed by atoms with Crippen LogP contribution in [-0.2, 0) is 0 Å². The number of hydrogen-bond donors (Lipinski definition) is 0. The minimum atomic E-state index is 0.657. The molecule has 6 aromatic carbocycles. The van der Waals surface area contributed by atoms with Gasteiger partial charge in [0.1, 0.15) is 0 Å². The third-order valence-corrected chi connectivity index (χ3v) is 9.60. The molecule has 0 radical (unpaired) electrons. The second-order valence-corrected chi connectivity index (χ2v) is 12.7. The lowest BCUT2D eigenvalue weighted by Crippen LogP contribution is -2.03. The molecule has 4 heteroatoms. The van der Waals surface area contributed by atoms with Gasteiger partial charge in [-0.15, -0.1) is 0 Å². The van der Waals surface area contributed by atoms with E-state index in [-0.39, 0.29) is 0 Å². The lowest BCUT2D eigenvalue weighted by molar-refractivity contribution is 1.08. The molecule has 0 unspecified atom stereocenters. The van der Waals surface area contributed by atoms with Crippen molar-refractivity contribution >= 4 is 44.9 Å². The highest BCUT2D eigenvalue weighted by atomic mass is 15.0. The minimum absolute atomic E-state index is 0.657. The SMILES string of the molecule is C=Cc1c(/C=C\C)c2ccccc2n1-c1cc(-c2nc(-c3ccccc3)cc(-c3ccccc3)n2)cc(-n2c3ccccc3c3ccccc32)c1. The molecule has 0 saturated carbocycles. The van der Waals surface area contributed by atoms with Crippen LogP contribution in [0.5, 0.6) is 0 Å². The van der Waals surface area contributed by atoms with Crippen molar-refractivity contribution in [3.63, 3.8) is 0 Å². The predicted molar refractivity (Wildman–Crippen MR) is 214 cm³/mol. The van der Waals surface area contributed by atoms with E-state index in [1.165, 1.54) is 16.2 Å². The van der Waals surface area contributed by atoms with Crippen LogP contribution in [-0.4, -0.2) is 19.1 Å². The van der Waals surface area contributed by atoms with E-state index in [0.29, 0.717) is 5.82 Å². The quantitative estimate of drug-likeness (QED) is 0.171. The Bertz CT molecular complexity index is 2660. The smallest absolute Gasteiger partial charge is 0.160 e. The maximum Gasteiger partial charge on any atom is 0.160 e. The molecule has 0 spiro atoms. The van der Waals surface area contributed by atoms with E-state index in [9.17, 15) is 0 Å². The summed E-state index contributed by atoms with van der Waals surface area (Å²) in [5.74, 6) is 0.657. The van der Waals surface area contributed by atoms with Gasteiger partial charge in [0, 0.05) is 49.8 Å². The average Bonchev–Trinajstić information content (AvgIpc) is 3.71. The molecule has 0 amide bonds. The highest BCUT2D eigenvalue weighted by molar-refractivity contribution is 6.09. The number of aromatic nitrogens is 4. The summed E-state index contributed by atoms with van der Waals surface area (Å²) in [6.45, 7) is 6.35. The first-order valence-electron chi connectivity index (χ1n) is 17.2. The molecule has 3 aromatic heterocycles. The summed E-state index contributed by atoms with van der Waals surface area (Å²) < 4.78 is 4.68. The summed E-state index contributed by atoms with van der Waals surface area (Å²) in [6.07, 6.45) is 6.22. The van der Waals surface area contributed by atoms with Crippen LogP contribution in [0.4, 0.5) is 0 Å². The Morgan fingerprint density at radius 2 is 0.961 bits per heavy atom. The third-order valence-electron chi connectivity index (χ3n) is 9.60. The number of nitrogens with zero attached hydrogens (tertiary/aromatic N) is 4. The van der Waals surface area contributed by atoms with Crippen molar-refractivity contribution in [3.8, 4) is 45.3 Å². The fraction of sp³-hybridized carbons (Fsp3) is 0.0213. The second kappa shape index (κ2) is 12.6. The van der Waals surface area contributed by atoms with Gasteiger partial charge in [0.15, 0.2) is 5.82 Å². The standard InChI is InChI=1S/C47H34N4/c1-3-17-37-38-22-11-14-25-44(38)50(43(37)4-2)35-28-34(29-36(30-35)51-45-26-15-12-23-39(45)40-24-13-16-27-46(40)51)47-48-41(32-18-7-5-8-19-32)31-42(49-47)33-20-9-6-10-21-33/h3-31H,2H2,1H3/b17-3-. The van der Waals surface area contributed by atoms with Gasteiger partial charge in [0.2, 0.25) is 0 Å². The van der Waals surface area contributed by atoms with Gasteiger partial charge in [0.05, 0.1) is 33.6 Å². The van der Waals surface area contributed by atoms with Crippen molar-refractivity contribution in [2.45, 2.75) is 6.92 Å². The topological polar surface area (TPSA) is 35.6 Å². The van der Waals surface area contributed by atoms with Crippen LogP contribution < -0.4 is 0 Å². The number of fused-ring (bicyclic) bond motifs is 4. The molecule has 9 aromatic rings. The van der Waals surface area contributed by atoms with Crippen molar-refractivity contribution in [2.24, 2.45) is 0 Å². The zero-order chi connectivity index (χ0) is 34.3. The van der Waals surface area contributed by atoms with Gasteiger partial charge in [-0.2, -0.15) is 0 Å². The summed E-state index contributed by atoms with van der Waals surface area (Å²) in [7, 11) is 0. The minimum Gasteiger partial charge on any atom is -0.309 e. The van der Waals surface area contributed by atoms with Crippen molar-refractivity contribution < 1.29 is 0 Å². The largest absolute Gasteiger partial charge is 0.309 e. The highest BCUT2D eigenvalue weighted by Crippen LogP contribution is 2.38. The van der Waals surface area contributed by atoms with E-state index in [4.69, 9.17) is 9.97 Å². The zero-order valence-electron chi connectivity index (χ0n) is 28.2. The Morgan fingerprint density at radius 1 is 0.490 bits per heavy atom. The second-order valence-electron chi connectivity index (χ2n) is 12.7. The number of allylic oxidation sites excluding steroid dienone is 1. The maximum absolute atomic E-state index is 5.26. The number of rotatable bonds is 7. The van der Waals surface area contributed by atoms with E-state index >= 15 is 0 Å². The molecular formula is C47H34N4. The molecule has 0 aliphatic carbocycles. The Balaban J connectivity index is 1.39. The summed E-state index contributed by atoms with van der Waals surface area (Å²) in [6, 6.07) is 55.3. The molecular weight excluding hydrogens is 621 g/mol. The van der Waals surface area contributed by atoms with Crippen molar-refractivity contribution in [3.05, 3.63) is 182 Å². The van der Waals surface area contributed by atoms with E-state index < -0.39 is 0 Å². The van der Waals surface area contributed by atoms with Crippen molar-refractivity contribution in [1.82, 2.24) is 19.1 Å². The molecule has 0 aliphatic rings. The summed E-state index contributed by atoms with van der Waals surface area (Å²) >= 11 is 0. The van der Waals surface area contributed by atoms with Crippen LogP contribution in [0, 0.1) is 0 Å². The van der Waals surface area contributed by atoms with Crippen LogP contribution in [0.15, 0.2) is 170 Å². The molecule has 3 heterocycles. The molecule has 0 bridgehead atoms. The molecule has 0 N–H and O–H groups in total. The summed E-state index contributed by atoms with van der Waals surface area (Å²) in [5.41, 5.74) is 12.3. The molecule has 0 saturated heterocycles. The van der Waals surface area contributed by atoms with Gasteiger partial charge in [0.25, 0.3) is 0 Å². The molecule has 51 heavy (non-hydrogen) atoms. The van der Waals surface area contributed by atoms with E-state index in [2.05, 4.69) is 180 Å². The summed E-state index contributed by atoms with van der Waals surface area (Å²) in [5, 5.41) is 3.59. The van der Waals surface area contributed by atoms with Crippen LogP contribution in [0.3, 0.4) is 0 Å². The lowest BCUT2D eigenvalue weighted by atomic mass is 10.1. The first kappa shape index (κ1) is 30.3. The monoisotopic (exact) mass is 654 g/mol. The first-order valence-corrected chi connectivity index (χ1v) is 17.2. The van der Waals surface area contributed by atoms with Gasteiger partial charge in [-0.25, -0.2) is 9.97 Å². The van der Waals surface area contributed by atoms with Crippen molar-refractivity contribution in [1.29, 1.82) is 0 Å². The van der Waals surface area contributed by atoms with Gasteiger partial charge in [-0.1, -0.05) is 134 Å². The van der Waals surface area contributed by atoms with Crippen LogP contribution in [0.2, 0.25) is 0 Å². The predicted octanol–water partition coefficient (Wildman–Crippen LogP) is 12.2. The highest BCUT2D eigenvalue weighted by Gasteiger charge is 2.20. The number of hydrogen-bond acceptors (Lipinski definition) is 2.